The van der Waals surface area contributed by atoms with Crippen LogP contribution in [0.4, 0.5) is 0 Å². The van der Waals surface area contributed by atoms with E-state index < -0.39 is 0 Å². The summed E-state index contributed by atoms with van der Waals surface area (Å²) in [7, 11) is 1.65. The zero-order valence-corrected chi connectivity index (χ0v) is 17.4. The van der Waals surface area contributed by atoms with Crippen molar-refractivity contribution in [2.24, 2.45) is 5.10 Å². The van der Waals surface area contributed by atoms with Gasteiger partial charge in [0.1, 0.15) is 11.4 Å². The van der Waals surface area contributed by atoms with Crippen LogP contribution in [0.1, 0.15) is 25.3 Å². The number of thiocarbonyl (C=S) groups is 1. The predicted molar refractivity (Wildman–Crippen MR) is 122 cm³/mol. The molecule has 0 saturated heterocycles. The molecule has 2 N–H and O–H groups in total. The molecule has 2 aromatic carbocycles. The quantitative estimate of drug-likeness (QED) is 0.254. The Bertz CT molecular complexity index is 951. The summed E-state index contributed by atoms with van der Waals surface area (Å²) in [5.74, 6) is 0.802. The van der Waals surface area contributed by atoms with E-state index in [2.05, 4.69) is 22.8 Å². The molecule has 7 heteroatoms. The number of methoxy groups -OCH3 is 1. The van der Waals surface area contributed by atoms with Gasteiger partial charge in [-0.05, 0) is 55.0 Å². The number of hydrogen-bond donors (Lipinski definition) is 2. The Morgan fingerprint density at radius 2 is 1.93 bits per heavy atom. The van der Waals surface area contributed by atoms with Gasteiger partial charge in [-0.1, -0.05) is 31.5 Å². The summed E-state index contributed by atoms with van der Waals surface area (Å²) in [4.78, 5) is 0. The summed E-state index contributed by atoms with van der Waals surface area (Å²) in [5.41, 5.74) is 6.53. The predicted octanol–water partition coefficient (Wildman–Crippen LogP) is 4.15. The molecule has 0 aliphatic heterocycles. The third kappa shape index (κ3) is 5.65. The molecule has 0 spiro atoms. The lowest BCUT2D eigenvalue weighted by Crippen LogP contribution is -2.32. The van der Waals surface area contributed by atoms with Gasteiger partial charge in [0, 0.05) is 23.9 Å². The highest BCUT2D eigenvalue weighted by molar-refractivity contribution is 7.80. The van der Waals surface area contributed by atoms with Crippen LogP contribution in [-0.2, 0) is 0 Å². The van der Waals surface area contributed by atoms with Crippen molar-refractivity contribution in [3.63, 3.8) is 0 Å². The van der Waals surface area contributed by atoms with Crippen LogP contribution in [0.25, 0.3) is 16.9 Å². The standard InChI is InChI=1S/C22H25N5OS/c1-3-4-14-23-22(29)25-24-15-18-16-27(19-8-6-5-7-9-19)26-21(18)17-10-12-20(28-2)13-11-17/h5-13,15-16H,3-4,14H2,1-2H3,(H2,23,25,29)/b24-15-. The highest BCUT2D eigenvalue weighted by atomic mass is 32.1. The Kier molecular flexibility index (Phi) is 7.35. The fourth-order valence-corrected chi connectivity index (χ4v) is 2.90. The van der Waals surface area contributed by atoms with Gasteiger partial charge in [-0.3, -0.25) is 5.43 Å². The Morgan fingerprint density at radius 3 is 2.62 bits per heavy atom. The second-order valence-electron chi connectivity index (χ2n) is 6.42. The first kappa shape index (κ1) is 20.5. The Balaban J connectivity index is 1.84. The molecule has 0 aliphatic carbocycles. The molecule has 0 atom stereocenters. The molecular weight excluding hydrogens is 382 g/mol. The fraction of sp³-hybridized carbons (Fsp3) is 0.227. The number of ether oxygens (including phenoxy) is 1. The van der Waals surface area contributed by atoms with Gasteiger partial charge in [0.15, 0.2) is 5.11 Å². The first-order valence-electron chi connectivity index (χ1n) is 9.57. The molecule has 1 aromatic heterocycles. The van der Waals surface area contributed by atoms with Crippen molar-refractivity contribution >= 4 is 23.5 Å². The van der Waals surface area contributed by atoms with Gasteiger partial charge in [-0.25, -0.2) is 4.68 Å². The average molecular weight is 408 g/mol. The van der Waals surface area contributed by atoms with Gasteiger partial charge in [0.05, 0.1) is 19.0 Å². The monoisotopic (exact) mass is 407 g/mol. The van der Waals surface area contributed by atoms with Gasteiger partial charge in [0.25, 0.3) is 0 Å². The van der Waals surface area contributed by atoms with Gasteiger partial charge in [-0.2, -0.15) is 10.2 Å². The summed E-state index contributed by atoms with van der Waals surface area (Å²) in [5, 5.41) is 12.7. The zero-order valence-electron chi connectivity index (χ0n) is 16.6. The molecule has 3 aromatic rings. The minimum Gasteiger partial charge on any atom is -0.497 e. The molecule has 0 saturated carbocycles. The summed E-state index contributed by atoms with van der Waals surface area (Å²) < 4.78 is 7.10. The summed E-state index contributed by atoms with van der Waals surface area (Å²) in [6.45, 7) is 2.97. The van der Waals surface area contributed by atoms with E-state index in [9.17, 15) is 0 Å². The minimum absolute atomic E-state index is 0.510. The minimum atomic E-state index is 0.510. The van der Waals surface area contributed by atoms with E-state index >= 15 is 0 Å². The van der Waals surface area contributed by atoms with Crippen molar-refractivity contribution in [3.8, 4) is 22.7 Å². The largest absolute Gasteiger partial charge is 0.497 e. The molecule has 29 heavy (non-hydrogen) atoms. The maximum absolute atomic E-state index is 5.26. The van der Waals surface area contributed by atoms with Crippen LogP contribution in [0.15, 0.2) is 65.9 Å². The summed E-state index contributed by atoms with van der Waals surface area (Å²) in [6, 6.07) is 17.8. The molecule has 0 radical (unpaired) electrons. The van der Waals surface area contributed by atoms with Crippen LogP contribution in [0, 0.1) is 0 Å². The molecule has 0 fully saturated rings. The Hall–Kier alpha value is -3.19. The highest BCUT2D eigenvalue weighted by Crippen LogP contribution is 2.24. The van der Waals surface area contributed by atoms with Crippen molar-refractivity contribution in [3.05, 3.63) is 66.4 Å². The van der Waals surface area contributed by atoms with Gasteiger partial charge < -0.3 is 10.1 Å². The third-order valence-corrected chi connectivity index (χ3v) is 4.55. The second kappa shape index (κ2) is 10.4. The molecule has 0 amide bonds. The maximum Gasteiger partial charge on any atom is 0.186 e. The SMILES string of the molecule is CCCCNC(=S)N/N=C\c1cn(-c2ccccc2)nc1-c1ccc(OC)cc1. The fourth-order valence-electron chi connectivity index (χ4n) is 2.75. The molecule has 1 heterocycles. The number of hydrogen-bond acceptors (Lipinski definition) is 4. The van der Waals surface area contributed by atoms with Crippen molar-refractivity contribution in [1.29, 1.82) is 0 Å². The van der Waals surface area contributed by atoms with Crippen molar-refractivity contribution in [2.45, 2.75) is 19.8 Å². The van der Waals surface area contributed by atoms with Crippen LogP contribution in [-0.4, -0.2) is 34.8 Å². The van der Waals surface area contributed by atoms with Crippen LogP contribution in [0.5, 0.6) is 5.75 Å². The highest BCUT2D eigenvalue weighted by Gasteiger charge is 2.11. The van der Waals surface area contributed by atoms with Crippen molar-refractivity contribution in [2.75, 3.05) is 13.7 Å². The number of aromatic nitrogens is 2. The van der Waals surface area contributed by atoms with Crippen LogP contribution < -0.4 is 15.5 Å². The van der Waals surface area contributed by atoms with E-state index in [1.165, 1.54) is 0 Å². The maximum atomic E-state index is 5.26. The number of benzene rings is 2. The van der Waals surface area contributed by atoms with E-state index in [0.29, 0.717) is 5.11 Å². The number of unbranched alkanes of at least 4 members (excludes halogenated alkanes) is 1. The average Bonchev–Trinajstić information content (AvgIpc) is 3.19. The van der Waals surface area contributed by atoms with Gasteiger partial charge in [0.2, 0.25) is 0 Å². The lowest BCUT2D eigenvalue weighted by atomic mass is 10.1. The Labute approximate surface area is 176 Å². The second-order valence-corrected chi connectivity index (χ2v) is 6.83. The van der Waals surface area contributed by atoms with Crippen LogP contribution in [0.2, 0.25) is 0 Å². The molecular formula is C22H25N5OS. The molecule has 3 rings (SSSR count). The topological polar surface area (TPSA) is 63.5 Å². The lowest BCUT2D eigenvalue weighted by Gasteiger charge is -2.05. The number of rotatable bonds is 8. The normalized spacial score (nSPS) is 10.8. The molecule has 0 aliphatic rings. The summed E-state index contributed by atoms with van der Waals surface area (Å²) in [6.07, 6.45) is 5.87. The number of para-hydroxylation sites is 1. The van der Waals surface area contributed by atoms with E-state index in [1.54, 1.807) is 13.3 Å². The van der Waals surface area contributed by atoms with E-state index in [1.807, 2.05) is 65.5 Å². The van der Waals surface area contributed by atoms with E-state index in [4.69, 9.17) is 22.1 Å². The van der Waals surface area contributed by atoms with Crippen LogP contribution >= 0.6 is 12.2 Å². The molecule has 0 unspecified atom stereocenters. The zero-order chi connectivity index (χ0) is 20.5. The summed E-state index contributed by atoms with van der Waals surface area (Å²) >= 11 is 5.25. The smallest absolute Gasteiger partial charge is 0.186 e. The van der Waals surface area contributed by atoms with Gasteiger partial charge in [-0.15, -0.1) is 0 Å². The lowest BCUT2D eigenvalue weighted by molar-refractivity contribution is 0.415. The van der Waals surface area contributed by atoms with E-state index in [0.717, 1.165) is 47.6 Å². The van der Waals surface area contributed by atoms with E-state index in [-0.39, 0.29) is 0 Å². The van der Waals surface area contributed by atoms with Gasteiger partial charge >= 0.3 is 0 Å². The molecule has 150 valence electrons. The number of nitrogens with zero attached hydrogens (tertiary/aromatic N) is 3. The van der Waals surface area contributed by atoms with Crippen molar-refractivity contribution in [1.82, 2.24) is 20.5 Å². The first-order chi connectivity index (χ1) is 14.2. The number of nitrogens with one attached hydrogen (secondary N) is 2. The number of hydrazone groups is 1. The third-order valence-electron chi connectivity index (χ3n) is 4.31. The Morgan fingerprint density at radius 1 is 1.17 bits per heavy atom. The first-order valence-corrected chi connectivity index (χ1v) is 9.98. The molecule has 6 nitrogen and oxygen atoms in total. The molecule has 0 bridgehead atoms. The van der Waals surface area contributed by atoms with Crippen molar-refractivity contribution < 1.29 is 4.74 Å². The van der Waals surface area contributed by atoms with Crippen LogP contribution in [0.3, 0.4) is 0 Å².